The Balaban J connectivity index is 2.67. The molecule has 1 amide bonds. The predicted molar refractivity (Wildman–Crippen MR) is 60.3 cm³/mol. The van der Waals surface area contributed by atoms with E-state index >= 15 is 0 Å². The van der Waals surface area contributed by atoms with Crippen molar-refractivity contribution in [2.75, 3.05) is 19.6 Å². The maximum atomic E-state index is 12.4. The van der Waals surface area contributed by atoms with Crippen LogP contribution in [0.2, 0.25) is 0 Å². The van der Waals surface area contributed by atoms with Crippen LogP contribution in [0.25, 0.3) is 0 Å². The molecule has 4 nitrogen and oxygen atoms in total. The van der Waals surface area contributed by atoms with E-state index in [1.807, 2.05) is 0 Å². The van der Waals surface area contributed by atoms with Gasteiger partial charge in [0.15, 0.2) is 0 Å². The second kappa shape index (κ2) is 5.34. The standard InChI is InChI=1S/C11H19F3N2O2/c1-10(2,3)18-9(17)16-5-4-15-7-8(16)6-11(12,13)14/h8,15H,4-7H2,1-3H3. The van der Waals surface area contributed by atoms with Crippen molar-refractivity contribution in [1.82, 2.24) is 10.2 Å². The fourth-order valence-electron chi connectivity index (χ4n) is 1.77. The number of alkyl halides is 3. The lowest BCUT2D eigenvalue weighted by molar-refractivity contribution is -0.147. The van der Waals surface area contributed by atoms with Crippen molar-refractivity contribution in [3.63, 3.8) is 0 Å². The van der Waals surface area contributed by atoms with Gasteiger partial charge in [-0.15, -0.1) is 0 Å². The molecule has 1 unspecified atom stereocenters. The second-order valence-electron chi connectivity index (χ2n) is 5.35. The smallest absolute Gasteiger partial charge is 0.410 e. The molecule has 0 aromatic rings. The topological polar surface area (TPSA) is 41.6 Å². The first kappa shape index (κ1) is 15.1. The van der Waals surface area contributed by atoms with Crippen LogP contribution in [0.5, 0.6) is 0 Å². The lowest BCUT2D eigenvalue weighted by Gasteiger charge is -2.37. The Morgan fingerprint density at radius 1 is 1.39 bits per heavy atom. The van der Waals surface area contributed by atoms with E-state index in [-0.39, 0.29) is 13.1 Å². The van der Waals surface area contributed by atoms with E-state index in [1.165, 1.54) is 0 Å². The molecule has 0 saturated carbocycles. The molecule has 1 rings (SSSR count). The molecular formula is C11H19F3N2O2. The van der Waals surface area contributed by atoms with Gasteiger partial charge in [0.25, 0.3) is 0 Å². The quantitative estimate of drug-likeness (QED) is 0.792. The van der Waals surface area contributed by atoms with Gasteiger partial charge in [0.05, 0.1) is 12.5 Å². The molecule has 18 heavy (non-hydrogen) atoms. The van der Waals surface area contributed by atoms with Crippen LogP contribution in [-0.2, 0) is 4.74 Å². The Bertz CT molecular complexity index is 300. The fourth-order valence-corrected chi connectivity index (χ4v) is 1.77. The molecule has 0 aromatic carbocycles. The van der Waals surface area contributed by atoms with Gasteiger partial charge < -0.3 is 15.0 Å². The molecule has 0 aliphatic carbocycles. The number of rotatable bonds is 1. The summed E-state index contributed by atoms with van der Waals surface area (Å²) in [5.74, 6) is 0. The van der Waals surface area contributed by atoms with Crippen LogP contribution in [0.4, 0.5) is 18.0 Å². The van der Waals surface area contributed by atoms with Crippen LogP contribution in [0, 0.1) is 0 Å². The molecule has 0 radical (unpaired) electrons. The summed E-state index contributed by atoms with van der Waals surface area (Å²) < 4.78 is 42.3. The third-order valence-corrected chi connectivity index (χ3v) is 2.45. The van der Waals surface area contributed by atoms with Crippen LogP contribution < -0.4 is 5.32 Å². The van der Waals surface area contributed by atoms with Gasteiger partial charge in [0.2, 0.25) is 0 Å². The monoisotopic (exact) mass is 268 g/mol. The van der Waals surface area contributed by atoms with E-state index < -0.39 is 30.3 Å². The van der Waals surface area contributed by atoms with Gasteiger partial charge in [0, 0.05) is 19.6 Å². The molecule has 106 valence electrons. The van der Waals surface area contributed by atoms with Gasteiger partial charge in [-0.1, -0.05) is 0 Å². The SMILES string of the molecule is CC(C)(C)OC(=O)N1CCNCC1CC(F)(F)F. The first-order valence-electron chi connectivity index (χ1n) is 5.85. The summed E-state index contributed by atoms with van der Waals surface area (Å²) in [5.41, 5.74) is -0.704. The number of ether oxygens (including phenoxy) is 1. The Labute approximate surface area is 104 Å². The zero-order valence-corrected chi connectivity index (χ0v) is 10.8. The molecule has 1 heterocycles. The number of halogens is 3. The summed E-state index contributed by atoms with van der Waals surface area (Å²) in [5, 5.41) is 2.86. The first-order chi connectivity index (χ1) is 8.08. The van der Waals surface area contributed by atoms with Gasteiger partial charge in [-0.05, 0) is 20.8 Å². The zero-order valence-electron chi connectivity index (χ0n) is 10.8. The van der Waals surface area contributed by atoms with E-state index in [4.69, 9.17) is 4.74 Å². The van der Waals surface area contributed by atoms with Crippen LogP contribution in [0.1, 0.15) is 27.2 Å². The number of carbonyl (C=O) groups excluding carboxylic acids is 1. The minimum Gasteiger partial charge on any atom is -0.444 e. The van der Waals surface area contributed by atoms with Crippen molar-refractivity contribution in [1.29, 1.82) is 0 Å². The predicted octanol–water partition coefficient (Wildman–Crippen LogP) is 2.15. The second-order valence-corrected chi connectivity index (χ2v) is 5.35. The van der Waals surface area contributed by atoms with Gasteiger partial charge in [0.1, 0.15) is 5.60 Å². The summed E-state index contributed by atoms with van der Waals surface area (Å²) in [4.78, 5) is 13.0. The average molecular weight is 268 g/mol. The van der Waals surface area contributed by atoms with E-state index in [9.17, 15) is 18.0 Å². The largest absolute Gasteiger partial charge is 0.444 e. The first-order valence-corrected chi connectivity index (χ1v) is 5.85. The molecule has 0 bridgehead atoms. The molecule has 1 atom stereocenters. The summed E-state index contributed by atoms with van der Waals surface area (Å²) in [6, 6.07) is -0.895. The third-order valence-electron chi connectivity index (χ3n) is 2.45. The Morgan fingerprint density at radius 3 is 2.50 bits per heavy atom. The minimum atomic E-state index is -4.29. The zero-order chi connectivity index (χ0) is 14.0. The number of amides is 1. The Hall–Kier alpha value is -0.980. The van der Waals surface area contributed by atoms with Crippen LogP contribution >= 0.6 is 0 Å². The number of hydrogen-bond donors (Lipinski definition) is 1. The number of nitrogens with zero attached hydrogens (tertiary/aromatic N) is 1. The van der Waals surface area contributed by atoms with Crippen molar-refractivity contribution in [2.45, 2.75) is 45.0 Å². The van der Waals surface area contributed by atoms with E-state index in [0.29, 0.717) is 6.54 Å². The van der Waals surface area contributed by atoms with Crippen LogP contribution in [-0.4, -0.2) is 48.4 Å². The van der Waals surface area contributed by atoms with Crippen LogP contribution in [0.15, 0.2) is 0 Å². The molecule has 0 aromatic heterocycles. The van der Waals surface area contributed by atoms with Crippen LogP contribution in [0.3, 0.4) is 0 Å². The summed E-state index contributed by atoms with van der Waals surface area (Å²) in [6.45, 7) is 5.91. The van der Waals surface area contributed by atoms with Crippen molar-refractivity contribution < 1.29 is 22.7 Å². The third kappa shape index (κ3) is 5.12. The van der Waals surface area contributed by atoms with Gasteiger partial charge in [-0.25, -0.2) is 4.79 Å². The van der Waals surface area contributed by atoms with Crippen molar-refractivity contribution in [3.05, 3.63) is 0 Å². The molecule has 1 aliphatic rings. The average Bonchev–Trinajstić information content (AvgIpc) is 2.12. The summed E-state index contributed by atoms with van der Waals surface area (Å²) in [6.07, 6.45) is -5.98. The van der Waals surface area contributed by atoms with E-state index in [1.54, 1.807) is 20.8 Å². The Morgan fingerprint density at radius 2 is 2.00 bits per heavy atom. The Kier molecular flexibility index (Phi) is 4.47. The molecule has 1 aliphatic heterocycles. The lowest BCUT2D eigenvalue weighted by atomic mass is 10.1. The minimum absolute atomic E-state index is 0.138. The summed E-state index contributed by atoms with van der Waals surface area (Å²) in [7, 11) is 0. The lowest BCUT2D eigenvalue weighted by Crippen LogP contribution is -2.55. The molecular weight excluding hydrogens is 249 g/mol. The highest BCUT2D eigenvalue weighted by Gasteiger charge is 2.38. The highest BCUT2D eigenvalue weighted by atomic mass is 19.4. The normalized spacial score (nSPS) is 21.9. The molecule has 1 N–H and O–H groups in total. The maximum absolute atomic E-state index is 12.4. The highest BCUT2D eigenvalue weighted by molar-refractivity contribution is 5.68. The molecule has 7 heteroatoms. The van der Waals surface area contributed by atoms with Crippen molar-refractivity contribution in [3.8, 4) is 0 Å². The van der Waals surface area contributed by atoms with Crippen molar-refractivity contribution >= 4 is 6.09 Å². The van der Waals surface area contributed by atoms with Gasteiger partial charge in [-0.2, -0.15) is 13.2 Å². The molecule has 0 spiro atoms. The van der Waals surface area contributed by atoms with Gasteiger partial charge in [-0.3, -0.25) is 0 Å². The molecule has 1 saturated heterocycles. The number of nitrogens with one attached hydrogen (secondary N) is 1. The van der Waals surface area contributed by atoms with E-state index in [2.05, 4.69) is 5.32 Å². The fraction of sp³-hybridized carbons (Fsp3) is 0.909. The highest BCUT2D eigenvalue weighted by Crippen LogP contribution is 2.25. The summed E-state index contributed by atoms with van der Waals surface area (Å²) >= 11 is 0. The number of hydrogen-bond acceptors (Lipinski definition) is 3. The van der Waals surface area contributed by atoms with Gasteiger partial charge >= 0.3 is 12.3 Å². The molecule has 1 fully saturated rings. The number of carbonyl (C=O) groups is 1. The maximum Gasteiger partial charge on any atom is 0.410 e. The van der Waals surface area contributed by atoms with Crippen molar-refractivity contribution in [2.24, 2.45) is 0 Å². The number of piperazine rings is 1. The van der Waals surface area contributed by atoms with E-state index in [0.717, 1.165) is 4.90 Å².